The molecule has 0 bridgehead atoms. The number of hydrogen-bond donors (Lipinski definition) is 1. The van der Waals surface area contributed by atoms with Gasteiger partial charge < -0.3 is 19.0 Å². The molecule has 1 saturated heterocycles. The fraction of sp³-hybridized carbons (Fsp3) is 0.727. The number of benzene rings is 1. The van der Waals surface area contributed by atoms with E-state index >= 15 is 4.39 Å². The van der Waals surface area contributed by atoms with Crippen LogP contribution in [0.5, 0.6) is 0 Å². The van der Waals surface area contributed by atoms with Crippen LogP contribution in [0.2, 0.25) is 16.6 Å². The van der Waals surface area contributed by atoms with Crippen LogP contribution in [-0.2, 0) is 20.5 Å². The van der Waals surface area contributed by atoms with Crippen LogP contribution in [0.3, 0.4) is 0 Å². The second-order valence-electron chi connectivity index (χ2n) is 9.03. The Bertz CT molecular complexity index is 584. The number of ether oxygens (including phenoxy) is 2. The molecule has 0 aromatic heterocycles. The third kappa shape index (κ3) is 4.68. The summed E-state index contributed by atoms with van der Waals surface area (Å²) < 4.78 is 33.5. The standard InChI is InChI=1S/C22H37FO4Si/c1-15(2)28(16(3)4,17(5)6)27-20-19(26-21(24)22(20,7)23)14-25-13-18-11-9-8-10-12-18/h8-12,15-17,19-21,24H,13-14H2,1-7H3/t19-,20-,21-,22+/m1/s1. The van der Waals surface area contributed by atoms with Crippen molar-refractivity contribution in [1.29, 1.82) is 0 Å². The van der Waals surface area contributed by atoms with E-state index in [2.05, 4.69) is 41.5 Å². The molecule has 6 heteroatoms. The van der Waals surface area contributed by atoms with Crippen LogP contribution < -0.4 is 0 Å². The lowest BCUT2D eigenvalue weighted by molar-refractivity contribution is -0.147. The molecule has 1 fully saturated rings. The van der Waals surface area contributed by atoms with Crippen molar-refractivity contribution < 1.29 is 23.4 Å². The van der Waals surface area contributed by atoms with Gasteiger partial charge in [-0.05, 0) is 29.1 Å². The topological polar surface area (TPSA) is 47.9 Å². The highest BCUT2D eigenvalue weighted by Crippen LogP contribution is 2.47. The predicted octanol–water partition coefficient (Wildman–Crippen LogP) is 5.21. The third-order valence-electron chi connectivity index (χ3n) is 6.11. The number of alkyl halides is 1. The first kappa shape index (κ1) is 23.5. The highest BCUT2D eigenvalue weighted by Gasteiger charge is 2.59. The number of aliphatic hydroxyl groups is 1. The van der Waals surface area contributed by atoms with Gasteiger partial charge in [-0.1, -0.05) is 71.9 Å². The van der Waals surface area contributed by atoms with Crippen LogP contribution in [0.4, 0.5) is 4.39 Å². The lowest BCUT2D eigenvalue weighted by Crippen LogP contribution is -2.56. The zero-order valence-electron chi connectivity index (χ0n) is 18.3. The Morgan fingerprint density at radius 2 is 1.61 bits per heavy atom. The molecule has 0 aliphatic carbocycles. The second kappa shape index (κ2) is 9.35. The molecule has 1 aromatic rings. The minimum Gasteiger partial charge on any atom is -0.407 e. The van der Waals surface area contributed by atoms with E-state index in [9.17, 15) is 5.11 Å². The van der Waals surface area contributed by atoms with Crippen molar-refractivity contribution in [2.75, 3.05) is 6.61 Å². The van der Waals surface area contributed by atoms with Gasteiger partial charge in [0, 0.05) is 0 Å². The molecule has 0 radical (unpaired) electrons. The molecule has 4 nitrogen and oxygen atoms in total. The molecular weight excluding hydrogens is 375 g/mol. The largest absolute Gasteiger partial charge is 0.407 e. The molecular formula is C22H37FO4Si. The van der Waals surface area contributed by atoms with Gasteiger partial charge in [-0.3, -0.25) is 0 Å². The minimum absolute atomic E-state index is 0.175. The summed E-state index contributed by atoms with van der Waals surface area (Å²) in [7, 11) is -2.34. The van der Waals surface area contributed by atoms with E-state index in [1.54, 1.807) is 0 Å². The van der Waals surface area contributed by atoms with Crippen LogP contribution in [0.25, 0.3) is 0 Å². The number of hydrogen-bond acceptors (Lipinski definition) is 4. The molecule has 1 N–H and O–H groups in total. The van der Waals surface area contributed by atoms with Gasteiger partial charge in [-0.2, -0.15) is 0 Å². The number of halogens is 1. The monoisotopic (exact) mass is 412 g/mol. The maximum absolute atomic E-state index is 15.5. The smallest absolute Gasteiger partial charge is 0.201 e. The first-order valence-corrected chi connectivity index (χ1v) is 12.5. The van der Waals surface area contributed by atoms with Crippen molar-refractivity contribution in [3.05, 3.63) is 35.9 Å². The molecule has 1 aliphatic heterocycles. The van der Waals surface area contributed by atoms with Crippen molar-refractivity contribution in [2.45, 2.75) is 95.9 Å². The SMILES string of the molecule is CC(C)[Si](O[C@@H]1[C@@H](COCc2ccccc2)O[C@@H](O)[C@@]1(C)F)(C(C)C)C(C)C. The molecule has 4 atom stereocenters. The molecule has 28 heavy (non-hydrogen) atoms. The Balaban J connectivity index is 2.18. The van der Waals surface area contributed by atoms with E-state index in [1.807, 2.05) is 30.3 Å². The first-order valence-electron chi connectivity index (χ1n) is 10.3. The fourth-order valence-electron chi connectivity index (χ4n) is 4.69. The van der Waals surface area contributed by atoms with E-state index in [4.69, 9.17) is 13.9 Å². The van der Waals surface area contributed by atoms with Crippen LogP contribution in [-0.4, -0.2) is 44.2 Å². The summed E-state index contributed by atoms with van der Waals surface area (Å²) in [4.78, 5) is 0. The predicted molar refractivity (Wildman–Crippen MR) is 112 cm³/mol. The normalized spacial score (nSPS) is 28.6. The molecule has 2 rings (SSSR count). The van der Waals surface area contributed by atoms with Gasteiger partial charge in [0.1, 0.15) is 12.2 Å². The van der Waals surface area contributed by atoms with E-state index < -0.39 is 32.5 Å². The maximum Gasteiger partial charge on any atom is 0.201 e. The van der Waals surface area contributed by atoms with Crippen molar-refractivity contribution >= 4 is 8.32 Å². The second-order valence-corrected chi connectivity index (χ2v) is 14.4. The number of aliphatic hydroxyl groups excluding tert-OH is 1. The van der Waals surface area contributed by atoms with Gasteiger partial charge in [0.25, 0.3) is 0 Å². The van der Waals surface area contributed by atoms with Crippen LogP contribution >= 0.6 is 0 Å². The Labute approximate surface area is 170 Å². The van der Waals surface area contributed by atoms with Gasteiger partial charge >= 0.3 is 0 Å². The molecule has 0 spiro atoms. The van der Waals surface area contributed by atoms with Crippen molar-refractivity contribution in [3.8, 4) is 0 Å². The van der Waals surface area contributed by atoms with E-state index in [0.717, 1.165) is 5.56 Å². The van der Waals surface area contributed by atoms with Gasteiger partial charge in [-0.15, -0.1) is 0 Å². The summed E-state index contributed by atoms with van der Waals surface area (Å²) in [6.07, 6.45) is -3.00. The molecule has 1 aromatic carbocycles. The van der Waals surface area contributed by atoms with Crippen LogP contribution in [0, 0.1) is 0 Å². The zero-order chi connectivity index (χ0) is 21.1. The Morgan fingerprint density at radius 1 is 1.07 bits per heavy atom. The van der Waals surface area contributed by atoms with Gasteiger partial charge in [0.05, 0.1) is 13.2 Å². The average molecular weight is 413 g/mol. The molecule has 0 saturated carbocycles. The summed E-state index contributed by atoms with van der Waals surface area (Å²) in [5.74, 6) is 0. The highest BCUT2D eigenvalue weighted by molar-refractivity contribution is 6.77. The Kier molecular flexibility index (Phi) is 7.84. The van der Waals surface area contributed by atoms with Gasteiger partial charge in [0.15, 0.2) is 12.0 Å². The summed E-state index contributed by atoms with van der Waals surface area (Å²) in [5, 5.41) is 10.2. The lowest BCUT2D eigenvalue weighted by atomic mass is 10.00. The zero-order valence-corrected chi connectivity index (χ0v) is 19.3. The summed E-state index contributed by atoms with van der Waals surface area (Å²) >= 11 is 0. The quantitative estimate of drug-likeness (QED) is 0.566. The summed E-state index contributed by atoms with van der Waals surface area (Å²) in [5.41, 5.74) is 0.0000980. The Hall–Kier alpha value is -0.793. The van der Waals surface area contributed by atoms with Crippen molar-refractivity contribution in [1.82, 2.24) is 0 Å². The highest BCUT2D eigenvalue weighted by atomic mass is 28.4. The van der Waals surface area contributed by atoms with Crippen molar-refractivity contribution in [3.63, 3.8) is 0 Å². The van der Waals surface area contributed by atoms with E-state index in [-0.39, 0.29) is 6.61 Å². The summed E-state index contributed by atoms with van der Waals surface area (Å²) in [6.45, 7) is 14.9. The maximum atomic E-state index is 15.5. The lowest BCUT2D eigenvalue weighted by Gasteiger charge is -2.46. The molecule has 0 amide bonds. The molecule has 1 aliphatic rings. The van der Waals surface area contributed by atoms with E-state index in [0.29, 0.717) is 23.2 Å². The average Bonchev–Trinajstić information content (AvgIpc) is 2.81. The Morgan fingerprint density at radius 3 is 2.11 bits per heavy atom. The fourth-order valence-corrected chi connectivity index (χ4v) is 10.3. The molecule has 160 valence electrons. The van der Waals surface area contributed by atoms with Gasteiger partial charge in [-0.25, -0.2) is 4.39 Å². The van der Waals surface area contributed by atoms with Gasteiger partial charge in [0.2, 0.25) is 8.32 Å². The minimum atomic E-state index is -2.34. The third-order valence-corrected chi connectivity index (χ3v) is 12.2. The molecule has 1 heterocycles. The molecule has 0 unspecified atom stereocenters. The number of rotatable bonds is 9. The summed E-state index contributed by atoms with van der Waals surface area (Å²) in [6, 6.07) is 9.81. The van der Waals surface area contributed by atoms with E-state index in [1.165, 1.54) is 6.92 Å². The van der Waals surface area contributed by atoms with Crippen LogP contribution in [0.15, 0.2) is 30.3 Å². The van der Waals surface area contributed by atoms with Crippen LogP contribution in [0.1, 0.15) is 54.0 Å². The van der Waals surface area contributed by atoms with Crippen molar-refractivity contribution in [2.24, 2.45) is 0 Å². The first-order chi connectivity index (χ1) is 13.0.